The molecule has 1 aromatic carbocycles. The van der Waals surface area contributed by atoms with Crippen LogP contribution in [0, 0.1) is 5.41 Å². The van der Waals surface area contributed by atoms with Gasteiger partial charge in [0.1, 0.15) is 17.5 Å². The number of benzene rings is 1. The minimum absolute atomic E-state index is 0.0766. The fraction of sp³-hybridized carbons (Fsp3) is 0.636. The molecule has 1 unspecified atom stereocenters. The molecule has 2 heterocycles. The van der Waals surface area contributed by atoms with Crippen molar-refractivity contribution < 1.29 is 19.3 Å². The van der Waals surface area contributed by atoms with Gasteiger partial charge in [-0.3, -0.25) is 0 Å². The molecule has 4 heteroatoms. The van der Waals surface area contributed by atoms with Crippen LogP contribution in [-0.4, -0.2) is 36.1 Å². The molecule has 0 spiro atoms. The van der Waals surface area contributed by atoms with Crippen LogP contribution in [0.5, 0.6) is 5.75 Å². The lowest BCUT2D eigenvalue weighted by Crippen LogP contribution is -2.54. The van der Waals surface area contributed by atoms with Gasteiger partial charge in [0.05, 0.1) is 25.4 Å². The van der Waals surface area contributed by atoms with Gasteiger partial charge in [-0.1, -0.05) is 31.1 Å². The van der Waals surface area contributed by atoms with Crippen LogP contribution in [-0.2, 0) is 9.47 Å². The second kappa shape index (κ2) is 6.66. The first-order chi connectivity index (χ1) is 12.6. The molecule has 1 aliphatic carbocycles. The Morgan fingerprint density at radius 3 is 2.92 bits per heavy atom. The topological polar surface area (TPSA) is 47.9 Å². The van der Waals surface area contributed by atoms with Gasteiger partial charge in [-0.2, -0.15) is 0 Å². The van der Waals surface area contributed by atoms with Crippen molar-refractivity contribution in [3.05, 3.63) is 42.5 Å². The highest BCUT2D eigenvalue weighted by Crippen LogP contribution is 2.69. The quantitative estimate of drug-likeness (QED) is 0.802. The number of hydrogen-bond donors (Lipinski definition) is 1. The molecule has 0 bridgehead atoms. The molecule has 4 nitrogen and oxygen atoms in total. The maximum absolute atomic E-state index is 10.6. The summed E-state index contributed by atoms with van der Waals surface area (Å²) in [6.07, 6.45) is 7.31. The van der Waals surface area contributed by atoms with Crippen molar-refractivity contribution in [2.24, 2.45) is 5.41 Å². The van der Waals surface area contributed by atoms with E-state index in [1.165, 1.54) is 6.42 Å². The van der Waals surface area contributed by atoms with Gasteiger partial charge in [0, 0.05) is 5.41 Å². The van der Waals surface area contributed by atoms with Crippen molar-refractivity contribution >= 4 is 0 Å². The first kappa shape index (κ1) is 18.0. The zero-order valence-corrected chi connectivity index (χ0v) is 15.8. The third kappa shape index (κ3) is 2.46. The Morgan fingerprint density at radius 1 is 1.38 bits per heavy atom. The van der Waals surface area contributed by atoms with Crippen molar-refractivity contribution in [2.45, 2.75) is 75.5 Å². The summed E-state index contributed by atoms with van der Waals surface area (Å²) in [7, 11) is 1.69. The van der Waals surface area contributed by atoms with Crippen molar-refractivity contribution in [3.8, 4) is 5.75 Å². The summed E-state index contributed by atoms with van der Waals surface area (Å²) in [6.45, 7) is 5.74. The molecule has 6 atom stereocenters. The summed E-state index contributed by atoms with van der Waals surface area (Å²) in [4.78, 5) is 0. The SMILES string of the molecule is C=CC[C@@H]1C[C@]23CCCC[C@@]2(O1)[C@H](C(C)O)O[C@@H]3c1cccc(OC)c1. The summed E-state index contributed by atoms with van der Waals surface area (Å²) in [6, 6.07) is 8.17. The van der Waals surface area contributed by atoms with Crippen molar-refractivity contribution in [1.82, 2.24) is 0 Å². The molecule has 3 fully saturated rings. The van der Waals surface area contributed by atoms with Gasteiger partial charge in [-0.15, -0.1) is 6.58 Å². The Hall–Kier alpha value is -1.36. The average molecular weight is 358 g/mol. The molecule has 0 aromatic heterocycles. The number of ether oxygens (including phenoxy) is 3. The Morgan fingerprint density at radius 2 is 2.19 bits per heavy atom. The van der Waals surface area contributed by atoms with Gasteiger partial charge in [0.2, 0.25) is 0 Å². The summed E-state index contributed by atoms with van der Waals surface area (Å²) in [5.41, 5.74) is 0.634. The number of methoxy groups -OCH3 is 1. The summed E-state index contributed by atoms with van der Waals surface area (Å²) < 4.78 is 18.7. The Labute approximate surface area is 156 Å². The molecule has 142 valence electrons. The van der Waals surface area contributed by atoms with Gasteiger partial charge in [0.25, 0.3) is 0 Å². The number of aliphatic hydroxyl groups excluding tert-OH is 1. The lowest BCUT2D eigenvalue weighted by molar-refractivity contribution is -0.152. The third-order valence-electron chi connectivity index (χ3n) is 6.74. The van der Waals surface area contributed by atoms with E-state index in [0.717, 1.165) is 43.4 Å². The van der Waals surface area contributed by atoms with Crippen LogP contribution in [0.2, 0.25) is 0 Å². The zero-order valence-electron chi connectivity index (χ0n) is 15.8. The molecule has 2 aliphatic heterocycles. The monoisotopic (exact) mass is 358 g/mol. The highest BCUT2D eigenvalue weighted by molar-refractivity contribution is 5.35. The molecule has 0 amide bonds. The van der Waals surface area contributed by atoms with E-state index in [1.54, 1.807) is 7.11 Å². The molecule has 3 aliphatic rings. The van der Waals surface area contributed by atoms with E-state index >= 15 is 0 Å². The summed E-state index contributed by atoms with van der Waals surface area (Å²) >= 11 is 0. The van der Waals surface area contributed by atoms with E-state index in [2.05, 4.69) is 18.7 Å². The van der Waals surface area contributed by atoms with Crippen molar-refractivity contribution in [3.63, 3.8) is 0 Å². The minimum atomic E-state index is -0.564. The maximum Gasteiger partial charge on any atom is 0.119 e. The molecule has 0 radical (unpaired) electrons. The fourth-order valence-electron chi connectivity index (χ4n) is 5.85. The minimum Gasteiger partial charge on any atom is -0.497 e. The summed E-state index contributed by atoms with van der Waals surface area (Å²) in [5.74, 6) is 0.839. The first-order valence-corrected chi connectivity index (χ1v) is 9.82. The molecule has 4 rings (SSSR count). The zero-order chi connectivity index (χ0) is 18.4. The Bertz CT molecular complexity index is 672. The molecule has 1 saturated carbocycles. The van der Waals surface area contributed by atoms with Gasteiger partial charge in [0.15, 0.2) is 0 Å². The van der Waals surface area contributed by atoms with Crippen LogP contribution in [0.25, 0.3) is 0 Å². The van der Waals surface area contributed by atoms with Crippen LogP contribution in [0.15, 0.2) is 36.9 Å². The molecule has 2 saturated heterocycles. The van der Waals surface area contributed by atoms with E-state index in [-0.39, 0.29) is 23.7 Å². The van der Waals surface area contributed by atoms with Crippen LogP contribution in [0.3, 0.4) is 0 Å². The van der Waals surface area contributed by atoms with E-state index in [1.807, 2.05) is 25.1 Å². The molecule has 1 N–H and O–H groups in total. The maximum atomic E-state index is 10.6. The fourth-order valence-corrected chi connectivity index (χ4v) is 5.85. The molecule has 1 aromatic rings. The Kier molecular flexibility index (Phi) is 4.62. The largest absolute Gasteiger partial charge is 0.497 e. The Balaban J connectivity index is 1.81. The predicted octanol–water partition coefficient (Wildman–Crippen LogP) is 4.18. The van der Waals surface area contributed by atoms with Crippen LogP contribution in [0.4, 0.5) is 0 Å². The normalized spacial score (nSPS) is 39.9. The first-order valence-electron chi connectivity index (χ1n) is 9.82. The highest BCUT2D eigenvalue weighted by Gasteiger charge is 2.72. The summed E-state index contributed by atoms with van der Waals surface area (Å²) in [5, 5.41) is 10.6. The number of aliphatic hydroxyl groups is 1. The lowest BCUT2D eigenvalue weighted by atomic mass is 9.58. The van der Waals surface area contributed by atoms with Crippen molar-refractivity contribution in [2.75, 3.05) is 7.11 Å². The second-order valence-electron chi connectivity index (χ2n) is 8.18. The lowest BCUT2D eigenvalue weighted by Gasteiger charge is -2.46. The van der Waals surface area contributed by atoms with E-state index in [4.69, 9.17) is 14.2 Å². The van der Waals surface area contributed by atoms with Crippen LogP contribution in [0.1, 0.15) is 57.1 Å². The molecule has 26 heavy (non-hydrogen) atoms. The highest BCUT2D eigenvalue weighted by atomic mass is 16.6. The van der Waals surface area contributed by atoms with Crippen LogP contribution >= 0.6 is 0 Å². The van der Waals surface area contributed by atoms with Gasteiger partial charge in [-0.05, 0) is 50.3 Å². The van der Waals surface area contributed by atoms with Crippen LogP contribution < -0.4 is 4.74 Å². The van der Waals surface area contributed by atoms with Crippen molar-refractivity contribution in [1.29, 1.82) is 0 Å². The number of hydrogen-bond acceptors (Lipinski definition) is 4. The van der Waals surface area contributed by atoms with Gasteiger partial charge < -0.3 is 19.3 Å². The average Bonchev–Trinajstić information content (AvgIpc) is 3.11. The predicted molar refractivity (Wildman–Crippen MR) is 100 cm³/mol. The van der Waals surface area contributed by atoms with Gasteiger partial charge in [-0.25, -0.2) is 0 Å². The van der Waals surface area contributed by atoms with E-state index < -0.39 is 11.7 Å². The third-order valence-corrected chi connectivity index (χ3v) is 6.74. The molecular weight excluding hydrogens is 328 g/mol. The molecular formula is C22H30O4. The second-order valence-corrected chi connectivity index (χ2v) is 8.18. The van der Waals surface area contributed by atoms with E-state index in [9.17, 15) is 5.11 Å². The standard InChI is InChI=1S/C22H30O4/c1-4-8-18-14-21-11-5-6-12-22(21,26-18)19(15(2)23)25-20(21)16-9-7-10-17(13-16)24-3/h4,7,9-10,13,15,18-20,23H,1,5-6,8,11-12,14H2,2-3H3/t15?,18-,19+,20-,21+,22-/m1/s1. The van der Waals surface area contributed by atoms with Gasteiger partial charge >= 0.3 is 0 Å². The smallest absolute Gasteiger partial charge is 0.119 e. The van der Waals surface area contributed by atoms with E-state index in [0.29, 0.717) is 0 Å². The number of rotatable bonds is 5.